The molecule has 2 heterocycles. The number of carbonyl (C=O) groups is 2. The highest BCUT2D eigenvalue weighted by Gasteiger charge is 2.38. The number of alkyl halides is 6. The molecule has 44 heavy (non-hydrogen) atoms. The fourth-order valence-electron chi connectivity index (χ4n) is 4.16. The lowest BCUT2D eigenvalue weighted by molar-refractivity contribution is -0.192. The Morgan fingerprint density at radius 1 is 0.818 bits per heavy atom. The summed E-state index contributed by atoms with van der Waals surface area (Å²) in [6.45, 7) is 1.41. The fraction of sp³-hybridized carbons (Fsp3) is 0.0968. The van der Waals surface area contributed by atoms with Crippen molar-refractivity contribution >= 4 is 34.3 Å². The van der Waals surface area contributed by atoms with Crippen LogP contribution in [0.1, 0.15) is 22.8 Å². The first-order valence-electron chi connectivity index (χ1n) is 12.6. The topological polar surface area (TPSA) is 101 Å². The van der Waals surface area contributed by atoms with E-state index in [0.29, 0.717) is 22.5 Å². The van der Waals surface area contributed by atoms with Crippen LogP contribution >= 0.6 is 0 Å². The summed E-state index contributed by atoms with van der Waals surface area (Å²) >= 11 is 0. The van der Waals surface area contributed by atoms with Gasteiger partial charge in [-0.15, -0.1) is 0 Å². The summed E-state index contributed by atoms with van der Waals surface area (Å²) in [4.78, 5) is 38.3. The SMILES string of the molecule is CC(=O)c1ccc(-c2cc(C(F)(F)F)c3c(=O)cc(Nc4ccccc4)n(-c4ccccc4)c3n2)cc1.O=C(O)C(F)(F)F. The predicted molar refractivity (Wildman–Crippen MR) is 151 cm³/mol. The van der Waals surface area contributed by atoms with Gasteiger partial charge in [0.2, 0.25) is 0 Å². The Bertz CT molecular complexity index is 1870. The van der Waals surface area contributed by atoms with Gasteiger partial charge in [-0.05, 0) is 37.3 Å². The van der Waals surface area contributed by atoms with Crippen LogP contribution in [0.4, 0.5) is 37.8 Å². The van der Waals surface area contributed by atoms with E-state index in [1.165, 1.54) is 23.6 Å². The summed E-state index contributed by atoms with van der Waals surface area (Å²) in [7, 11) is 0. The fourth-order valence-corrected chi connectivity index (χ4v) is 4.16. The summed E-state index contributed by atoms with van der Waals surface area (Å²) in [5, 5.41) is 9.74. The first kappa shape index (κ1) is 31.5. The van der Waals surface area contributed by atoms with Crippen molar-refractivity contribution in [3.8, 4) is 16.9 Å². The quantitative estimate of drug-likeness (QED) is 0.156. The van der Waals surface area contributed by atoms with Crippen LogP contribution in [-0.4, -0.2) is 32.6 Å². The van der Waals surface area contributed by atoms with Gasteiger partial charge in [-0.2, -0.15) is 26.3 Å². The molecule has 226 valence electrons. The van der Waals surface area contributed by atoms with E-state index in [-0.39, 0.29) is 22.9 Å². The standard InChI is InChI=1S/C29H20F3N3O2.C2HF3O2/c1-18(36)19-12-14-20(15-13-19)24-16-23(29(30,31)32)27-25(37)17-26(33-21-8-4-2-5-9-21)35(28(27)34-24)22-10-6-3-7-11-22;3-2(4,5)1(6)7/h2-17,33H,1H3;(H,6,7). The number of pyridine rings is 2. The molecule has 13 heteroatoms. The maximum atomic E-state index is 14.3. The van der Waals surface area contributed by atoms with Crippen LogP contribution in [0, 0.1) is 0 Å². The number of aliphatic carboxylic acids is 1. The minimum atomic E-state index is -5.08. The molecule has 7 nitrogen and oxygen atoms in total. The molecular weight excluding hydrogens is 592 g/mol. The van der Waals surface area contributed by atoms with Crippen LogP contribution in [0.15, 0.2) is 102 Å². The van der Waals surface area contributed by atoms with Gasteiger partial charge >= 0.3 is 18.3 Å². The second kappa shape index (κ2) is 12.4. The second-order valence-corrected chi connectivity index (χ2v) is 9.24. The minimum Gasteiger partial charge on any atom is -0.475 e. The van der Waals surface area contributed by atoms with E-state index in [1.807, 2.05) is 6.07 Å². The van der Waals surface area contributed by atoms with Gasteiger partial charge in [-0.25, -0.2) is 9.78 Å². The molecule has 0 saturated carbocycles. The van der Waals surface area contributed by atoms with Crippen molar-refractivity contribution in [1.82, 2.24) is 9.55 Å². The number of benzene rings is 3. The molecular formula is C31H21F6N3O4. The number of carbonyl (C=O) groups excluding carboxylic acids is 1. The highest BCUT2D eigenvalue weighted by Crippen LogP contribution is 2.37. The molecule has 0 atom stereocenters. The van der Waals surface area contributed by atoms with Crippen molar-refractivity contribution in [1.29, 1.82) is 0 Å². The number of Topliss-reactive ketones (excluding diaryl/α,β-unsaturated/α-hetero) is 1. The molecule has 2 N–H and O–H groups in total. The van der Waals surface area contributed by atoms with Crippen molar-refractivity contribution in [2.45, 2.75) is 19.3 Å². The number of nitrogens with one attached hydrogen (secondary N) is 1. The number of para-hydroxylation sites is 2. The van der Waals surface area contributed by atoms with Gasteiger partial charge in [0.1, 0.15) is 5.82 Å². The summed E-state index contributed by atoms with van der Waals surface area (Å²) in [5.41, 5.74) is -0.0212. The number of carboxylic acids is 1. The van der Waals surface area contributed by atoms with Gasteiger partial charge in [-0.1, -0.05) is 60.7 Å². The molecule has 0 fully saturated rings. The highest BCUT2D eigenvalue weighted by molar-refractivity contribution is 5.94. The van der Waals surface area contributed by atoms with Crippen LogP contribution in [0.5, 0.6) is 0 Å². The van der Waals surface area contributed by atoms with Crippen LogP contribution in [0.2, 0.25) is 0 Å². The minimum absolute atomic E-state index is 0.0240. The van der Waals surface area contributed by atoms with E-state index >= 15 is 0 Å². The Labute approximate surface area is 245 Å². The Morgan fingerprint density at radius 3 is 1.86 bits per heavy atom. The number of fused-ring (bicyclic) bond motifs is 1. The Hall–Kier alpha value is -5.46. The van der Waals surface area contributed by atoms with Crippen LogP contribution in [-0.2, 0) is 11.0 Å². The Morgan fingerprint density at radius 2 is 1.36 bits per heavy atom. The predicted octanol–water partition coefficient (Wildman–Crippen LogP) is 7.65. The average Bonchev–Trinajstić information content (AvgIpc) is 2.97. The van der Waals surface area contributed by atoms with Gasteiger partial charge in [0.15, 0.2) is 16.9 Å². The Balaban J connectivity index is 0.000000566. The monoisotopic (exact) mass is 613 g/mol. The number of nitrogens with zero attached hydrogens (tertiary/aromatic N) is 2. The molecule has 3 aromatic carbocycles. The lowest BCUT2D eigenvalue weighted by Gasteiger charge is -2.20. The first-order chi connectivity index (χ1) is 20.7. The largest absolute Gasteiger partial charge is 0.490 e. The number of rotatable bonds is 5. The molecule has 0 bridgehead atoms. The van der Waals surface area contributed by atoms with E-state index in [9.17, 15) is 35.9 Å². The normalized spacial score (nSPS) is 11.4. The molecule has 0 aliphatic heterocycles. The lowest BCUT2D eigenvalue weighted by atomic mass is 10.0. The molecule has 0 aliphatic carbocycles. The van der Waals surface area contributed by atoms with Crippen molar-refractivity contribution in [2.24, 2.45) is 0 Å². The number of carboxylic acid groups (broad SMARTS) is 1. The van der Waals surface area contributed by atoms with Crippen LogP contribution in [0.25, 0.3) is 28.0 Å². The number of aromatic nitrogens is 2. The molecule has 0 unspecified atom stereocenters. The number of anilines is 2. The lowest BCUT2D eigenvalue weighted by Crippen LogP contribution is -2.21. The number of hydrogen-bond acceptors (Lipinski definition) is 5. The first-order valence-corrected chi connectivity index (χ1v) is 12.6. The van der Waals surface area contributed by atoms with Gasteiger partial charge in [-0.3, -0.25) is 14.2 Å². The van der Waals surface area contributed by atoms with Crippen molar-refractivity contribution in [3.05, 3.63) is 118 Å². The zero-order valence-corrected chi connectivity index (χ0v) is 22.6. The third kappa shape index (κ3) is 7.12. The molecule has 5 aromatic rings. The van der Waals surface area contributed by atoms with Crippen molar-refractivity contribution in [3.63, 3.8) is 0 Å². The molecule has 0 radical (unpaired) electrons. The maximum absolute atomic E-state index is 14.3. The number of hydrogen-bond donors (Lipinski definition) is 2. The molecule has 0 spiro atoms. The molecule has 2 aromatic heterocycles. The van der Waals surface area contributed by atoms with E-state index < -0.39 is 34.7 Å². The smallest absolute Gasteiger partial charge is 0.475 e. The Kier molecular flexibility index (Phi) is 8.88. The van der Waals surface area contributed by atoms with Crippen LogP contribution in [0.3, 0.4) is 0 Å². The summed E-state index contributed by atoms with van der Waals surface area (Å²) in [5.74, 6) is -2.66. The van der Waals surface area contributed by atoms with Gasteiger partial charge in [0, 0.05) is 28.6 Å². The van der Waals surface area contributed by atoms with Gasteiger partial charge < -0.3 is 10.4 Å². The molecule has 0 saturated heterocycles. The summed E-state index contributed by atoms with van der Waals surface area (Å²) in [6.07, 6.45) is -9.89. The van der Waals surface area contributed by atoms with Crippen LogP contribution < -0.4 is 10.7 Å². The van der Waals surface area contributed by atoms with Gasteiger partial charge in [0.25, 0.3) is 0 Å². The van der Waals surface area contributed by atoms with Crippen molar-refractivity contribution < 1.29 is 41.0 Å². The molecule has 0 aliphatic rings. The second-order valence-electron chi connectivity index (χ2n) is 9.24. The average molecular weight is 614 g/mol. The third-order valence-corrected chi connectivity index (χ3v) is 6.16. The number of halogens is 6. The summed E-state index contributed by atoms with van der Waals surface area (Å²) < 4.78 is 76.2. The summed E-state index contributed by atoms with van der Waals surface area (Å²) in [6, 6.07) is 25.9. The van der Waals surface area contributed by atoms with E-state index in [2.05, 4.69) is 10.3 Å². The highest BCUT2D eigenvalue weighted by atomic mass is 19.4. The van der Waals surface area contributed by atoms with E-state index in [4.69, 9.17) is 9.90 Å². The third-order valence-electron chi connectivity index (χ3n) is 6.16. The molecule has 5 rings (SSSR count). The van der Waals surface area contributed by atoms with E-state index in [0.717, 1.165) is 12.1 Å². The molecule has 0 amide bonds. The van der Waals surface area contributed by atoms with Gasteiger partial charge in [0.05, 0.1) is 16.6 Å². The zero-order valence-electron chi connectivity index (χ0n) is 22.6. The van der Waals surface area contributed by atoms with Crippen molar-refractivity contribution in [2.75, 3.05) is 5.32 Å². The zero-order chi connectivity index (χ0) is 32.2. The van der Waals surface area contributed by atoms with E-state index in [1.54, 1.807) is 66.7 Å². The maximum Gasteiger partial charge on any atom is 0.490 e. The number of ketones is 1.